The molecule has 0 saturated carbocycles. The predicted molar refractivity (Wildman–Crippen MR) is 122 cm³/mol. The lowest BCUT2D eigenvalue weighted by Crippen LogP contribution is -2.22. The zero-order chi connectivity index (χ0) is 22.1. The maximum atomic E-state index is 12.3. The third-order valence-corrected chi connectivity index (χ3v) is 5.48. The van der Waals surface area contributed by atoms with Gasteiger partial charge in [-0.3, -0.25) is 9.59 Å². The molecule has 1 heterocycles. The van der Waals surface area contributed by atoms with Crippen molar-refractivity contribution in [2.75, 3.05) is 11.9 Å². The third kappa shape index (κ3) is 7.34. The maximum Gasteiger partial charge on any atom is 0.286 e. The maximum absolute atomic E-state index is 12.3. The van der Waals surface area contributed by atoms with Crippen molar-refractivity contribution >= 4 is 40.4 Å². The first kappa shape index (κ1) is 22.7. The first-order valence-corrected chi connectivity index (χ1v) is 11.1. The summed E-state index contributed by atoms with van der Waals surface area (Å²) >= 11 is 7.14. The van der Waals surface area contributed by atoms with Crippen molar-refractivity contribution in [2.45, 2.75) is 32.7 Å². The van der Waals surface area contributed by atoms with Gasteiger partial charge >= 0.3 is 0 Å². The number of ether oxygens (including phenoxy) is 1. The molecule has 0 aliphatic carbocycles. The van der Waals surface area contributed by atoms with E-state index in [2.05, 4.69) is 20.8 Å². The normalized spacial score (nSPS) is 10.5. The van der Waals surface area contributed by atoms with Crippen LogP contribution in [0.2, 0.25) is 5.02 Å². The monoisotopic (exact) mass is 458 g/mol. The Kier molecular flexibility index (Phi) is 8.37. The molecule has 0 unspecified atom stereocenters. The van der Waals surface area contributed by atoms with Crippen LogP contribution in [-0.4, -0.2) is 28.6 Å². The van der Waals surface area contributed by atoms with Gasteiger partial charge in [0, 0.05) is 30.1 Å². The number of nitrogens with one attached hydrogen (secondary N) is 2. The van der Waals surface area contributed by atoms with Gasteiger partial charge in [0.2, 0.25) is 10.9 Å². The third-order valence-electron chi connectivity index (χ3n) is 4.26. The van der Waals surface area contributed by atoms with Crippen LogP contribution in [0.25, 0.3) is 0 Å². The number of rotatable bonds is 10. The summed E-state index contributed by atoms with van der Waals surface area (Å²) in [6.07, 6.45) is 1.58. The number of anilines is 1. The number of halogens is 1. The van der Waals surface area contributed by atoms with Crippen molar-refractivity contribution in [2.24, 2.45) is 0 Å². The van der Waals surface area contributed by atoms with Crippen LogP contribution in [0.3, 0.4) is 0 Å². The summed E-state index contributed by atoms with van der Waals surface area (Å²) in [6, 6.07) is 14.5. The van der Waals surface area contributed by atoms with E-state index >= 15 is 0 Å². The first-order chi connectivity index (χ1) is 15.0. The average molecular weight is 459 g/mol. The number of amides is 2. The first-order valence-electron chi connectivity index (χ1n) is 9.91. The van der Waals surface area contributed by atoms with Gasteiger partial charge in [-0.05, 0) is 49.2 Å². The van der Waals surface area contributed by atoms with Crippen LogP contribution in [0.4, 0.5) is 5.69 Å². The van der Waals surface area contributed by atoms with E-state index in [4.69, 9.17) is 16.3 Å². The second kappa shape index (κ2) is 11.4. The van der Waals surface area contributed by atoms with Crippen LogP contribution >= 0.6 is 22.9 Å². The summed E-state index contributed by atoms with van der Waals surface area (Å²) in [5, 5.41) is 15.2. The summed E-state index contributed by atoms with van der Waals surface area (Å²) in [5.74, 6) is 0.451. The van der Waals surface area contributed by atoms with Gasteiger partial charge in [-0.2, -0.15) is 0 Å². The Morgan fingerprint density at radius 2 is 1.94 bits per heavy atom. The van der Waals surface area contributed by atoms with Crippen LogP contribution in [0.15, 0.2) is 48.5 Å². The molecule has 2 N–H and O–H groups in total. The molecule has 2 amide bonds. The van der Waals surface area contributed by atoms with E-state index in [-0.39, 0.29) is 16.8 Å². The Morgan fingerprint density at radius 3 is 2.68 bits per heavy atom. The minimum Gasteiger partial charge on any atom is -0.494 e. The summed E-state index contributed by atoms with van der Waals surface area (Å²) in [4.78, 5) is 24.4. The Morgan fingerprint density at radius 1 is 1.13 bits per heavy atom. The molecule has 1 aromatic heterocycles. The second-order valence-corrected chi connectivity index (χ2v) is 8.17. The standard InChI is InChI=1S/C22H23ClN4O3S/c1-2-30-18-11-9-15(10-12-18)14-24-19(28)7-4-8-20-26-27-22(31-20)21(29)25-17-6-3-5-16(23)13-17/h3,5-6,9-13H,2,4,7-8,14H2,1H3,(H,24,28)(H,25,29). The van der Waals surface area contributed by atoms with Crippen molar-refractivity contribution < 1.29 is 14.3 Å². The molecular weight excluding hydrogens is 436 g/mol. The fourth-order valence-electron chi connectivity index (χ4n) is 2.76. The minimum atomic E-state index is -0.334. The summed E-state index contributed by atoms with van der Waals surface area (Å²) in [5.41, 5.74) is 1.61. The van der Waals surface area contributed by atoms with Crippen molar-refractivity contribution in [1.82, 2.24) is 15.5 Å². The van der Waals surface area contributed by atoms with Crippen molar-refractivity contribution in [3.63, 3.8) is 0 Å². The van der Waals surface area contributed by atoms with Gasteiger partial charge in [0.25, 0.3) is 5.91 Å². The molecule has 3 rings (SSSR count). The highest BCUT2D eigenvalue weighted by Crippen LogP contribution is 2.18. The van der Waals surface area contributed by atoms with E-state index in [1.165, 1.54) is 11.3 Å². The summed E-state index contributed by atoms with van der Waals surface area (Å²) < 4.78 is 5.40. The summed E-state index contributed by atoms with van der Waals surface area (Å²) in [7, 11) is 0. The van der Waals surface area contributed by atoms with Crippen molar-refractivity contribution in [3.8, 4) is 5.75 Å². The fraction of sp³-hybridized carbons (Fsp3) is 0.273. The molecule has 0 bridgehead atoms. The second-order valence-electron chi connectivity index (χ2n) is 6.67. The number of carbonyl (C=O) groups excluding carboxylic acids is 2. The lowest BCUT2D eigenvalue weighted by atomic mass is 10.2. The predicted octanol–water partition coefficient (Wildman–Crippen LogP) is 4.48. The molecule has 0 fully saturated rings. The molecule has 0 saturated heterocycles. The highest BCUT2D eigenvalue weighted by molar-refractivity contribution is 7.13. The molecule has 3 aromatic rings. The van der Waals surface area contributed by atoms with Gasteiger partial charge in [0.15, 0.2) is 0 Å². The molecule has 2 aromatic carbocycles. The van der Waals surface area contributed by atoms with Crippen LogP contribution in [0, 0.1) is 0 Å². The van der Waals surface area contributed by atoms with Crippen molar-refractivity contribution in [1.29, 1.82) is 0 Å². The zero-order valence-electron chi connectivity index (χ0n) is 17.1. The minimum absolute atomic E-state index is 0.0303. The molecule has 0 radical (unpaired) electrons. The molecule has 162 valence electrons. The van der Waals surface area contributed by atoms with Gasteiger partial charge < -0.3 is 15.4 Å². The van der Waals surface area contributed by atoms with E-state index in [0.717, 1.165) is 16.3 Å². The quantitative estimate of drug-likeness (QED) is 0.467. The molecule has 31 heavy (non-hydrogen) atoms. The van der Waals surface area contributed by atoms with Crippen molar-refractivity contribution in [3.05, 3.63) is 69.1 Å². The molecule has 0 spiro atoms. The van der Waals surface area contributed by atoms with E-state index in [0.29, 0.717) is 43.1 Å². The lowest BCUT2D eigenvalue weighted by Gasteiger charge is -2.07. The van der Waals surface area contributed by atoms with Crippen LogP contribution in [0.1, 0.15) is 40.1 Å². The number of hydrogen-bond donors (Lipinski definition) is 2. The molecule has 0 atom stereocenters. The average Bonchev–Trinajstić information content (AvgIpc) is 3.23. The van der Waals surface area contributed by atoms with Gasteiger partial charge in [-0.1, -0.05) is 41.1 Å². The smallest absolute Gasteiger partial charge is 0.286 e. The van der Waals surface area contributed by atoms with E-state index in [9.17, 15) is 9.59 Å². The number of hydrogen-bond acceptors (Lipinski definition) is 6. The van der Waals surface area contributed by atoms with Crippen LogP contribution < -0.4 is 15.4 Å². The van der Waals surface area contributed by atoms with E-state index in [1.54, 1.807) is 24.3 Å². The number of nitrogens with zero attached hydrogens (tertiary/aromatic N) is 2. The highest BCUT2D eigenvalue weighted by Gasteiger charge is 2.13. The Hall–Kier alpha value is -2.97. The molecule has 9 heteroatoms. The van der Waals surface area contributed by atoms with E-state index < -0.39 is 0 Å². The molecule has 7 nitrogen and oxygen atoms in total. The molecular formula is C22H23ClN4O3S. The zero-order valence-corrected chi connectivity index (χ0v) is 18.6. The Labute approximate surface area is 189 Å². The fourth-order valence-corrected chi connectivity index (χ4v) is 3.72. The topological polar surface area (TPSA) is 93.2 Å². The molecule has 0 aliphatic heterocycles. The molecule has 0 aliphatic rings. The van der Waals surface area contributed by atoms with Gasteiger partial charge in [0.05, 0.1) is 6.61 Å². The van der Waals surface area contributed by atoms with Gasteiger partial charge in [0.1, 0.15) is 10.8 Å². The van der Waals surface area contributed by atoms with Gasteiger partial charge in [-0.15, -0.1) is 10.2 Å². The Bertz CT molecular complexity index is 1020. The van der Waals surface area contributed by atoms with E-state index in [1.807, 2.05) is 31.2 Å². The van der Waals surface area contributed by atoms with Crippen LogP contribution in [0.5, 0.6) is 5.75 Å². The Balaban J connectivity index is 1.39. The largest absolute Gasteiger partial charge is 0.494 e. The number of benzene rings is 2. The lowest BCUT2D eigenvalue weighted by molar-refractivity contribution is -0.121. The van der Waals surface area contributed by atoms with Gasteiger partial charge in [-0.25, -0.2) is 0 Å². The SMILES string of the molecule is CCOc1ccc(CNC(=O)CCCc2nnc(C(=O)Nc3cccc(Cl)c3)s2)cc1. The number of carbonyl (C=O) groups is 2. The summed E-state index contributed by atoms with van der Waals surface area (Å²) in [6.45, 7) is 3.03. The number of aryl methyl sites for hydroxylation is 1. The number of aromatic nitrogens is 2. The highest BCUT2D eigenvalue weighted by atomic mass is 35.5. The van der Waals surface area contributed by atoms with Crippen LogP contribution in [-0.2, 0) is 17.8 Å².